The largest absolute Gasteiger partial charge is 0.487 e. The van der Waals surface area contributed by atoms with Crippen molar-refractivity contribution in [1.29, 1.82) is 0 Å². The molecule has 156 valence electrons. The number of esters is 1. The SMILES string of the molecule is COC(=O)CCCCC1CCCc2c(OCc3ccc4ccccc4n3)cccc21. The summed E-state index contributed by atoms with van der Waals surface area (Å²) in [6.07, 6.45) is 7.02. The number of para-hydroxylation sites is 1. The predicted molar refractivity (Wildman–Crippen MR) is 119 cm³/mol. The highest BCUT2D eigenvalue weighted by molar-refractivity contribution is 5.78. The lowest BCUT2D eigenvalue weighted by Gasteiger charge is -2.27. The van der Waals surface area contributed by atoms with Crippen LogP contribution in [-0.4, -0.2) is 18.1 Å². The standard InChI is InChI=1S/C26H29NO3/c1-29-26(28)15-5-3-8-19-10-6-12-23-22(19)11-7-14-25(23)30-18-21-17-16-20-9-2-4-13-24(20)27-21/h2,4,7,9,11,13-14,16-17,19H,3,5-6,8,10,12,15,18H2,1H3. The smallest absolute Gasteiger partial charge is 0.305 e. The molecular weight excluding hydrogens is 374 g/mol. The fourth-order valence-electron chi connectivity index (χ4n) is 4.45. The van der Waals surface area contributed by atoms with Crippen molar-refractivity contribution in [2.45, 2.75) is 57.5 Å². The van der Waals surface area contributed by atoms with E-state index in [1.807, 2.05) is 24.3 Å². The second-order valence-corrected chi connectivity index (χ2v) is 8.02. The Labute approximate surface area is 178 Å². The summed E-state index contributed by atoms with van der Waals surface area (Å²) in [5.41, 5.74) is 4.72. The Kier molecular flexibility index (Phi) is 6.63. The second-order valence-electron chi connectivity index (χ2n) is 8.02. The Hall–Kier alpha value is -2.88. The minimum atomic E-state index is -0.114. The molecular formula is C26H29NO3. The van der Waals surface area contributed by atoms with Gasteiger partial charge in [0.15, 0.2) is 0 Å². The second kappa shape index (κ2) is 9.75. The number of nitrogens with zero attached hydrogens (tertiary/aromatic N) is 1. The number of hydrogen-bond donors (Lipinski definition) is 0. The van der Waals surface area contributed by atoms with Crippen molar-refractivity contribution >= 4 is 16.9 Å². The fourth-order valence-corrected chi connectivity index (χ4v) is 4.45. The van der Waals surface area contributed by atoms with Gasteiger partial charge in [0.2, 0.25) is 0 Å². The van der Waals surface area contributed by atoms with E-state index >= 15 is 0 Å². The van der Waals surface area contributed by atoms with Gasteiger partial charge in [0, 0.05) is 11.8 Å². The zero-order valence-electron chi connectivity index (χ0n) is 17.6. The normalized spacial score (nSPS) is 15.6. The molecule has 4 nitrogen and oxygen atoms in total. The molecule has 1 atom stereocenters. The van der Waals surface area contributed by atoms with Gasteiger partial charge in [-0.2, -0.15) is 0 Å². The number of aromatic nitrogens is 1. The number of rotatable bonds is 8. The molecule has 0 amide bonds. The van der Waals surface area contributed by atoms with Gasteiger partial charge in [0.1, 0.15) is 12.4 Å². The van der Waals surface area contributed by atoms with Crippen LogP contribution in [0, 0.1) is 0 Å². The van der Waals surface area contributed by atoms with Crippen LogP contribution in [0.4, 0.5) is 0 Å². The Morgan fingerprint density at radius 1 is 1.07 bits per heavy atom. The number of ether oxygens (including phenoxy) is 2. The first-order chi connectivity index (χ1) is 14.7. The molecule has 0 saturated carbocycles. The van der Waals surface area contributed by atoms with Crippen LogP contribution in [0.1, 0.15) is 61.3 Å². The number of unbranched alkanes of at least 4 members (excludes halogenated alkanes) is 1. The average molecular weight is 404 g/mol. The maximum atomic E-state index is 11.3. The van der Waals surface area contributed by atoms with Crippen molar-refractivity contribution in [3.05, 3.63) is 71.4 Å². The molecule has 0 spiro atoms. The van der Waals surface area contributed by atoms with E-state index in [1.165, 1.54) is 31.1 Å². The highest BCUT2D eigenvalue weighted by Gasteiger charge is 2.22. The molecule has 0 saturated heterocycles. The van der Waals surface area contributed by atoms with Gasteiger partial charge in [-0.05, 0) is 67.3 Å². The van der Waals surface area contributed by atoms with Gasteiger partial charge in [0.05, 0.1) is 18.3 Å². The molecule has 0 fully saturated rings. The summed E-state index contributed by atoms with van der Waals surface area (Å²) in [4.78, 5) is 16.0. The summed E-state index contributed by atoms with van der Waals surface area (Å²) in [6.45, 7) is 0.477. The van der Waals surface area contributed by atoms with Crippen LogP contribution in [0.25, 0.3) is 10.9 Å². The fraction of sp³-hybridized carbons (Fsp3) is 0.385. The lowest BCUT2D eigenvalue weighted by atomic mass is 9.80. The molecule has 1 aromatic heterocycles. The van der Waals surface area contributed by atoms with E-state index in [2.05, 4.69) is 30.3 Å². The van der Waals surface area contributed by atoms with Crippen molar-refractivity contribution in [3.8, 4) is 5.75 Å². The van der Waals surface area contributed by atoms with Crippen LogP contribution in [0.5, 0.6) is 5.75 Å². The number of pyridine rings is 1. The van der Waals surface area contributed by atoms with Crippen LogP contribution in [0.15, 0.2) is 54.6 Å². The summed E-state index contributed by atoms with van der Waals surface area (Å²) in [5.74, 6) is 1.42. The van der Waals surface area contributed by atoms with E-state index in [0.717, 1.165) is 48.0 Å². The van der Waals surface area contributed by atoms with E-state index in [1.54, 1.807) is 0 Å². The van der Waals surface area contributed by atoms with Gasteiger partial charge in [-0.15, -0.1) is 0 Å². The summed E-state index contributed by atoms with van der Waals surface area (Å²) in [7, 11) is 1.45. The van der Waals surface area contributed by atoms with Crippen LogP contribution in [-0.2, 0) is 22.6 Å². The molecule has 0 N–H and O–H groups in total. The molecule has 0 aliphatic heterocycles. The molecule has 3 aromatic rings. The number of carbonyl (C=O) groups is 1. The Morgan fingerprint density at radius 2 is 1.97 bits per heavy atom. The molecule has 0 bridgehead atoms. The summed E-state index contributed by atoms with van der Waals surface area (Å²) < 4.78 is 11.0. The zero-order valence-corrected chi connectivity index (χ0v) is 17.6. The van der Waals surface area contributed by atoms with E-state index < -0.39 is 0 Å². The van der Waals surface area contributed by atoms with Crippen LogP contribution in [0.2, 0.25) is 0 Å². The molecule has 1 aliphatic carbocycles. The number of fused-ring (bicyclic) bond motifs is 2. The van der Waals surface area contributed by atoms with Crippen molar-refractivity contribution in [3.63, 3.8) is 0 Å². The monoisotopic (exact) mass is 403 g/mol. The Balaban J connectivity index is 1.41. The number of benzene rings is 2. The van der Waals surface area contributed by atoms with Gasteiger partial charge >= 0.3 is 5.97 Å². The van der Waals surface area contributed by atoms with Crippen LogP contribution >= 0.6 is 0 Å². The van der Waals surface area contributed by atoms with E-state index in [4.69, 9.17) is 14.5 Å². The van der Waals surface area contributed by atoms with Crippen molar-refractivity contribution in [1.82, 2.24) is 4.98 Å². The molecule has 0 radical (unpaired) electrons. The third-order valence-corrected chi connectivity index (χ3v) is 6.03. The minimum Gasteiger partial charge on any atom is -0.487 e. The van der Waals surface area contributed by atoms with Crippen molar-refractivity contribution < 1.29 is 14.3 Å². The topological polar surface area (TPSA) is 48.4 Å². The lowest BCUT2D eigenvalue weighted by Crippen LogP contribution is -2.12. The summed E-state index contributed by atoms with van der Waals surface area (Å²) in [5, 5.41) is 1.15. The third kappa shape index (κ3) is 4.81. The number of methoxy groups -OCH3 is 1. The van der Waals surface area contributed by atoms with E-state index in [9.17, 15) is 4.79 Å². The molecule has 30 heavy (non-hydrogen) atoms. The number of hydrogen-bond acceptors (Lipinski definition) is 4. The summed E-state index contributed by atoms with van der Waals surface area (Å²) >= 11 is 0. The number of carbonyl (C=O) groups excluding carboxylic acids is 1. The van der Waals surface area contributed by atoms with E-state index in [0.29, 0.717) is 18.9 Å². The lowest BCUT2D eigenvalue weighted by molar-refractivity contribution is -0.140. The zero-order chi connectivity index (χ0) is 20.8. The third-order valence-electron chi connectivity index (χ3n) is 6.03. The van der Waals surface area contributed by atoms with Gasteiger partial charge < -0.3 is 9.47 Å². The molecule has 4 rings (SSSR count). The van der Waals surface area contributed by atoms with Gasteiger partial charge in [-0.25, -0.2) is 4.98 Å². The Bertz CT molecular complexity index is 1010. The first-order valence-corrected chi connectivity index (χ1v) is 10.9. The maximum absolute atomic E-state index is 11.3. The van der Waals surface area contributed by atoms with Crippen molar-refractivity contribution in [2.75, 3.05) is 7.11 Å². The van der Waals surface area contributed by atoms with Gasteiger partial charge in [0.25, 0.3) is 0 Å². The Morgan fingerprint density at radius 3 is 2.87 bits per heavy atom. The maximum Gasteiger partial charge on any atom is 0.305 e. The highest BCUT2D eigenvalue weighted by atomic mass is 16.5. The first kappa shape index (κ1) is 20.4. The average Bonchev–Trinajstić information content (AvgIpc) is 2.80. The highest BCUT2D eigenvalue weighted by Crippen LogP contribution is 2.39. The minimum absolute atomic E-state index is 0.114. The van der Waals surface area contributed by atoms with Crippen LogP contribution in [0.3, 0.4) is 0 Å². The van der Waals surface area contributed by atoms with Gasteiger partial charge in [-0.1, -0.05) is 42.8 Å². The first-order valence-electron chi connectivity index (χ1n) is 10.9. The molecule has 1 aliphatic rings. The molecule has 2 aromatic carbocycles. The van der Waals surface area contributed by atoms with E-state index in [-0.39, 0.29) is 5.97 Å². The molecule has 1 heterocycles. The summed E-state index contributed by atoms with van der Waals surface area (Å²) in [6, 6.07) is 18.7. The molecule has 4 heteroatoms. The quantitative estimate of drug-likeness (QED) is 0.343. The predicted octanol–water partition coefficient (Wildman–Crippen LogP) is 5.97. The van der Waals surface area contributed by atoms with Crippen LogP contribution < -0.4 is 4.74 Å². The van der Waals surface area contributed by atoms with Gasteiger partial charge in [-0.3, -0.25) is 4.79 Å². The molecule has 1 unspecified atom stereocenters. The van der Waals surface area contributed by atoms with Crippen molar-refractivity contribution in [2.24, 2.45) is 0 Å².